The molecule has 2 rings (SSSR count). The molecule has 1 atom stereocenters. The van der Waals surface area contributed by atoms with Crippen LogP contribution in [-0.2, 0) is 11.3 Å². The number of aromatic nitrogens is 2. The molecule has 2 aromatic rings. The van der Waals surface area contributed by atoms with Gasteiger partial charge in [-0.2, -0.15) is 0 Å². The molecule has 0 saturated heterocycles. The molecule has 0 radical (unpaired) electrons. The number of pyridine rings is 1. The van der Waals surface area contributed by atoms with E-state index in [-0.39, 0.29) is 6.10 Å². The highest BCUT2D eigenvalue weighted by molar-refractivity contribution is 7.09. The number of nitrogens with zero attached hydrogens (tertiary/aromatic N) is 3. The third-order valence-electron chi connectivity index (χ3n) is 3.00. The van der Waals surface area contributed by atoms with Gasteiger partial charge in [0.25, 0.3) is 0 Å². The predicted molar refractivity (Wildman–Crippen MR) is 83.2 cm³/mol. The van der Waals surface area contributed by atoms with Gasteiger partial charge in [-0.3, -0.25) is 0 Å². The molecule has 0 bridgehead atoms. The van der Waals surface area contributed by atoms with Gasteiger partial charge in [0.2, 0.25) is 0 Å². The lowest BCUT2D eigenvalue weighted by atomic mass is 10.3. The van der Waals surface area contributed by atoms with Crippen LogP contribution in [-0.4, -0.2) is 23.6 Å². The zero-order valence-electron chi connectivity index (χ0n) is 12.5. The zero-order chi connectivity index (χ0) is 14.5. The molecule has 0 spiro atoms. The smallest absolute Gasteiger partial charge is 0.128 e. The molecule has 0 fully saturated rings. The number of anilines is 1. The Hall–Kier alpha value is -1.46. The van der Waals surface area contributed by atoms with Gasteiger partial charge in [-0.15, -0.1) is 11.3 Å². The second-order valence-corrected chi connectivity index (χ2v) is 5.66. The molecule has 0 aliphatic carbocycles. The van der Waals surface area contributed by atoms with Crippen molar-refractivity contribution in [2.45, 2.75) is 33.4 Å². The minimum Gasteiger partial charge on any atom is -0.372 e. The van der Waals surface area contributed by atoms with Crippen molar-refractivity contribution in [3.05, 3.63) is 40.0 Å². The first kappa shape index (κ1) is 14.9. The lowest BCUT2D eigenvalue weighted by molar-refractivity contribution is 0.0761. The minimum atomic E-state index is 0.0705. The Morgan fingerprint density at radius 1 is 1.35 bits per heavy atom. The van der Waals surface area contributed by atoms with Crippen LogP contribution in [0.15, 0.2) is 23.6 Å². The molecule has 5 heteroatoms. The SMILES string of the molecule is CCO[C@H](C)c1nc(CN(C)c2cccc(C)n2)cs1. The van der Waals surface area contributed by atoms with Crippen molar-refractivity contribution in [1.82, 2.24) is 9.97 Å². The molecule has 20 heavy (non-hydrogen) atoms. The second-order valence-electron chi connectivity index (χ2n) is 4.77. The van der Waals surface area contributed by atoms with E-state index >= 15 is 0 Å². The molecule has 0 unspecified atom stereocenters. The monoisotopic (exact) mass is 291 g/mol. The van der Waals surface area contributed by atoms with Crippen molar-refractivity contribution in [1.29, 1.82) is 0 Å². The maximum absolute atomic E-state index is 5.57. The van der Waals surface area contributed by atoms with Gasteiger partial charge in [0.1, 0.15) is 16.9 Å². The van der Waals surface area contributed by atoms with Gasteiger partial charge in [0, 0.05) is 24.7 Å². The summed E-state index contributed by atoms with van der Waals surface area (Å²) in [5, 5.41) is 3.13. The fraction of sp³-hybridized carbons (Fsp3) is 0.467. The van der Waals surface area contributed by atoms with E-state index in [0.29, 0.717) is 6.61 Å². The summed E-state index contributed by atoms with van der Waals surface area (Å²) in [6, 6.07) is 6.04. The predicted octanol–water partition coefficient (Wildman–Crippen LogP) is 3.58. The molecule has 0 saturated carbocycles. The number of hydrogen-bond acceptors (Lipinski definition) is 5. The summed E-state index contributed by atoms with van der Waals surface area (Å²) in [5.74, 6) is 0.970. The quantitative estimate of drug-likeness (QED) is 0.815. The summed E-state index contributed by atoms with van der Waals surface area (Å²) < 4.78 is 5.57. The Morgan fingerprint density at radius 2 is 2.15 bits per heavy atom. The van der Waals surface area contributed by atoms with Crippen molar-refractivity contribution in [2.24, 2.45) is 0 Å². The molecule has 0 aliphatic rings. The van der Waals surface area contributed by atoms with E-state index in [1.807, 2.05) is 46.0 Å². The van der Waals surface area contributed by atoms with Crippen molar-refractivity contribution in [3.8, 4) is 0 Å². The molecular formula is C15H21N3OS. The summed E-state index contributed by atoms with van der Waals surface area (Å²) in [7, 11) is 2.03. The van der Waals surface area contributed by atoms with E-state index in [9.17, 15) is 0 Å². The van der Waals surface area contributed by atoms with Crippen LogP contribution in [0.5, 0.6) is 0 Å². The van der Waals surface area contributed by atoms with Crippen LogP contribution in [0.25, 0.3) is 0 Å². The molecule has 2 aromatic heterocycles. The van der Waals surface area contributed by atoms with Crippen LogP contribution in [0.2, 0.25) is 0 Å². The number of thiazole rings is 1. The van der Waals surface area contributed by atoms with Gasteiger partial charge in [-0.1, -0.05) is 6.07 Å². The van der Waals surface area contributed by atoms with E-state index in [1.165, 1.54) is 0 Å². The Balaban J connectivity index is 2.03. The summed E-state index contributed by atoms with van der Waals surface area (Å²) in [5.41, 5.74) is 2.08. The lowest BCUT2D eigenvalue weighted by Crippen LogP contribution is -2.18. The van der Waals surface area contributed by atoms with E-state index in [4.69, 9.17) is 4.74 Å². The molecule has 0 aliphatic heterocycles. The summed E-state index contributed by atoms with van der Waals surface area (Å²) in [6.07, 6.45) is 0.0705. The maximum atomic E-state index is 5.57. The van der Waals surface area contributed by atoms with Crippen molar-refractivity contribution >= 4 is 17.2 Å². The number of rotatable bonds is 6. The highest BCUT2D eigenvalue weighted by Crippen LogP contribution is 2.22. The Labute approximate surface area is 124 Å². The van der Waals surface area contributed by atoms with E-state index in [2.05, 4.69) is 20.2 Å². The molecule has 0 amide bonds. The Kier molecular flexibility index (Phi) is 5.09. The molecule has 108 valence electrons. The molecule has 0 aromatic carbocycles. The topological polar surface area (TPSA) is 38.2 Å². The highest BCUT2D eigenvalue weighted by Gasteiger charge is 2.12. The molecule has 2 heterocycles. The Bertz CT molecular complexity index is 556. The first-order valence-corrected chi connectivity index (χ1v) is 7.68. The van der Waals surface area contributed by atoms with Crippen LogP contribution in [0.3, 0.4) is 0 Å². The van der Waals surface area contributed by atoms with Gasteiger partial charge in [0.05, 0.1) is 12.2 Å². The lowest BCUT2D eigenvalue weighted by Gasteiger charge is -2.17. The maximum Gasteiger partial charge on any atom is 0.128 e. The Morgan fingerprint density at radius 3 is 2.85 bits per heavy atom. The van der Waals surface area contributed by atoms with Crippen LogP contribution in [0, 0.1) is 6.92 Å². The van der Waals surface area contributed by atoms with E-state index < -0.39 is 0 Å². The average Bonchev–Trinajstić information content (AvgIpc) is 2.87. The molecule has 0 N–H and O–H groups in total. The standard InChI is InChI=1S/C15H21N3OS/c1-5-19-12(3)15-17-13(10-20-15)9-18(4)14-8-6-7-11(2)16-14/h6-8,10,12H,5,9H2,1-4H3/t12-/m1/s1. The normalized spacial score (nSPS) is 12.4. The van der Waals surface area contributed by atoms with Crippen LogP contribution >= 0.6 is 11.3 Å². The highest BCUT2D eigenvalue weighted by atomic mass is 32.1. The summed E-state index contributed by atoms with van der Waals surface area (Å²) >= 11 is 1.65. The van der Waals surface area contributed by atoms with Crippen LogP contribution in [0.1, 0.15) is 36.3 Å². The third-order valence-corrected chi connectivity index (χ3v) is 4.05. The molecular weight excluding hydrogens is 270 g/mol. The summed E-state index contributed by atoms with van der Waals surface area (Å²) in [6.45, 7) is 7.51. The van der Waals surface area contributed by atoms with Gasteiger partial charge < -0.3 is 9.64 Å². The first-order chi connectivity index (χ1) is 9.60. The van der Waals surface area contributed by atoms with E-state index in [1.54, 1.807) is 11.3 Å². The van der Waals surface area contributed by atoms with Gasteiger partial charge in [-0.05, 0) is 32.9 Å². The van der Waals surface area contributed by atoms with Crippen LogP contribution in [0.4, 0.5) is 5.82 Å². The average molecular weight is 291 g/mol. The van der Waals surface area contributed by atoms with Gasteiger partial charge in [-0.25, -0.2) is 9.97 Å². The van der Waals surface area contributed by atoms with Crippen molar-refractivity contribution < 1.29 is 4.74 Å². The van der Waals surface area contributed by atoms with Crippen molar-refractivity contribution in [2.75, 3.05) is 18.6 Å². The summed E-state index contributed by atoms with van der Waals surface area (Å²) in [4.78, 5) is 11.3. The fourth-order valence-electron chi connectivity index (χ4n) is 1.97. The molecule has 4 nitrogen and oxygen atoms in total. The van der Waals surface area contributed by atoms with Gasteiger partial charge >= 0.3 is 0 Å². The van der Waals surface area contributed by atoms with Crippen LogP contribution < -0.4 is 4.90 Å². The number of aryl methyl sites for hydroxylation is 1. The van der Waals surface area contributed by atoms with Crippen molar-refractivity contribution in [3.63, 3.8) is 0 Å². The fourth-order valence-corrected chi connectivity index (χ4v) is 2.78. The first-order valence-electron chi connectivity index (χ1n) is 6.81. The second kappa shape index (κ2) is 6.81. The number of hydrogen-bond donors (Lipinski definition) is 0. The van der Waals surface area contributed by atoms with E-state index in [0.717, 1.165) is 28.8 Å². The van der Waals surface area contributed by atoms with Gasteiger partial charge in [0.15, 0.2) is 0 Å². The largest absolute Gasteiger partial charge is 0.372 e. The minimum absolute atomic E-state index is 0.0705. The number of ether oxygens (including phenoxy) is 1. The third kappa shape index (κ3) is 3.77. The zero-order valence-corrected chi connectivity index (χ0v) is 13.3.